The van der Waals surface area contributed by atoms with E-state index in [-0.39, 0.29) is 6.04 Å². The fourth-order valence-electron chi connectivity index (χ4n) is 2.98. The van der Waals surface area contributed by atoms with E-state index < -0.39 is 0 Å². The highest BCUT2D eigenvalue weighted by Crippen LogP contribution is 2.31. The van der Waals surface area contributed by atoms with Gasteiger partial charge < -0.3 is 19.5 Å². The molecule has 0 radical (unpaired) electrons. The van der Waals surface area contributed by atoms with Crippen LogP contribution in [0.4, 0.5) is 0 Å². The maximum absolute atomic E-state index is 5.41. The fraction of sp³-hybridized carbons (Fsp3) is 0.579. The van der Waals surface area contributed by atoms with Crippen LogP contribution in [-0.2, 0) is 4.74 Å². The topological polar surface area (TPSA) is 43.0 Å². The minimum absolute atomic E-state index is 0.243. The molecule has 0 amide bonds. The van der Waals surface area contributed by atoms with Crippen LogP contribution in [0.3, 0.4) is 0 Å². The lowest BCUT2D eigenvalue weighted by Crippen LogP contribution is -2.38. The number of nitrogens with zero attached hydrogens (tertiary/aromatic N) is 1. The molecule has 1 atom stereocenters. The third kappa shape index (κ3) is 5.51. The number of methoxy groups -OCH3 is 2. The molecule has 24 heavy (non-hydrogen) atoms. The molecule has 1 saturated heterocycles. The maximum atomic E-state index is 5.41. The highest BCUT2D eigenvalue weighted by atomic mass is 16.5. The predicted octanol–water partition coefficient (Wildman–Crippen LogP) is 2.63. The molecule has 134 valence electrons. The molecule has 1 aliphatic heterocycles. The molecule has 0 aliphatic carbocycles. The van der Waals surface area contributed by atoms with Crippen LogP contribution < -0.4 is 14.8 Å². The number of rotatable bonds is 10. The van der Waals surface area contributed by atoms with Crippen molar-refractivity contribution in [3.63, 3.8) is 0 Å². The van der Waals surface area contributed by atoms with Gasteiger partial charge in [0.05, 0.1) is 27.4 Å². The number of hydrogen-bond acceptors (Lipinski definition) is 5. The summed E-state index contributed by atoms with van der Waals surface area (Å²) in [5, 5.41) is 3.64. The highest BCUT2D eigenvalue weighted by Gasteiger charge is 2.14. The Morgan fingerprint density at radius 3 is 2.67 bits per heavy atom. The van der Waals surface area contributed by atoms with E-state index in [0.29, 0.717) is 0 Å². The zero-order valence-corrected chi connectivity index (χ0v) is 14.9. The summed E-state index contributed by atoms with van der Waals surface area (Å²) >= 11 is 0. The third-order valence-corrected chi connectivity index (χ3v) is 4.36. The van der Waals surface area contributed by atoms with Gasteiger partial charge in [-0.15, -0.1) is 6.58 Å². The van der Waals surface area contributed by atoms with Crippen molar-refractivity contribution >= 4 is 0 Å². The second-order valence-corrected chi connectivity index (χ2v) is 5.95. The van der Waals surface area contributed by atoms with E-state index >= 15 is 0 Å². The lowest BCUT2D eigenvalue weighted by Gasteiger charge is -2.27. The van der Waals surface area contributed by atoms with Gasteiger partial charge in [-0.05, 0) is 43.6 Å². The molecule has 0 spiro atoms. The molecule has 1 unspecified atom stereocenters. The Labute approximate surface area is 145 Å². The van der Waals surface area contributed by atoms with E-state index in [4.69, 9.17) is 14.2 Å². The molecule has 1 fully saturated rings. The summed E-state index contributed by atoms with van der Waals surface area (Å²) in [6, 6.07) is 6.33. The van der Waals surface area contributed by atoms with E-state index in [1.807, 2.05) is 18.2 Å². The molecular formula is C19H30N2O3. The Hall–Kier alpha value is -1.56. The van der Waals surface area contributed by atoms with Gasteiger partial charge >= 0.3 is 0 Å². The van der Waals surface area contributed by atoms with E-state index in [1.165, 1.54) is 5.56 Å². The van der Waals surface area contributed by atoms with Crippen molar-refractivity contribution in [1.82, 2.24) is 10.2 Å². The van der Waals surface area contributed by atoms with Gasteiger partial charge in [-0.25, -0.2) is 0 Å². The number of ether oxygens (including phenoxy) is 3. The van der Waals surface area contributed by atoms with Crippen LogP contribution in [0.25, 0.3) is 0 Å². The smallest absolute Gasteiger partial charge is 0.161 e. The highest BCUT2D eigenvalue weighted by molar-refractivity contribution is 5.43. The summed E-state index contributed by atoms with van der Waals surface area (Å²) in [6.07, 6.45) is 3.96. The van der Waals surface area contributed by atoms with Crippen LogP contribution in [0.5, 0.6) is 11.5 Å². The van der Waals surface area contributed by atoms with Crippen LogP contribution in [0.2, 0.25) is 0 Å². The predicted molar refractivity (Wildman–Crippen MR) is 97.0 cm³/mol. The SMILES string of the molecule is C=CCC(NCCCN1CCOCC1)c1ccc(OC)c(OC)c1. The quantitative estimate of drug-likeness (QED) is 0.526. The second kappa shape index (κ2) is 10.3. The first-order chi connectivity index (χ1) is 11.8. The maximum Gasteiger partial charge on any atom is 0.161 e. The molecule has 1 aromatic rings. The van der Waals surface area contributed by atoms with Crippen LogP contribution in [0.15, 0.2) is 30.9 Å². The Morgan fingerprint density at radius 1 is 1.25 bits per heavy atom. The van der Waals surface area contributed by atoms with Gasteiger partial charge in [-0.3, -0.25) is 4.90 Å². The zero-order valence-electron chi connectivity index (χ0n) is 14.9. The fourth-order valence-corrected chi connectivity index (χ4v) is 2.98. The van der Waals surface area contributed by atoms with Gasteiger partial charge in [0.25, 0.3) is 0 Å². The van der Waals surface area contributed by atoms with Crippen molar-refractivity contribution in [2.24, 2.45) is 0 Å². The van der Waals surface area contributed by atoms with Gasteiger partial charge in [-0.2, -0.15) is 0 Å². The normalized spacial score (nSPS) is 16.6. The van der Waals surface area contributed by atoms with E-state index in [9.17, 15) is 0 Å². The van der Waals surface area contributed by atoms with E-state index in [0.717, 1.165) is 63.7 Å². The van der Waals surface area contributed by atoms with Crippen LogP contribution in [-0.4, -0.2) is 58.5 Å². The summed E-state index contributed by atoms with van der Waals surface area (Å²) in [6.45, 7) is 9.79. The molecule has 2 rings (SSSR count). The van der Waals surface area contributed by atoms with Crippen molar-refractivity contribution in [2.75, 3.05) is 53.6 Å². The summed E-state index contributed by atoms with van der Waals surface area (Å²) in [5.41, 5.74) is 1.19. The van der Waals surface area contributed by atoms with Crippen LogP contribution in [0, 0.1) is 0 Å². The van der Waals surface area contributed by atoms with Crippen LogP contribution in [0.1, 0.15) is 24.4 Å². The Morgan fingerprint density at radius 2 is 2.00 bits per heavy atom. The Balaban J connectivity index is 1.87. The number of morpholine rings is 1. The van der Waals surface area contributed by atoms with Gasteiger partial charge in [0.15, 0.2) is 11.5 Å². The summed E-state index contributed by atoms with van der Waals surface area (Å²) in [5.74, 6) is 1.52. The zero-order chi connectivity index (χ0) is 17.2. The second-order valence-electron chi connectivity index (χ2n) is 5.95. The molecule has 1 N–H and O–H groups in total. The minimum Gasteiger partial charge on any atom is -0.493 e. The van der Waals surface area contributed by atoms with Gasteiger partial charge in [0, 0.05) is 19.1 Å². The standard InChI is InChI=1S/C19H30N2O3/c1-4-6-17(16-7-8-18(22-2)19(15-16)23-3)20-9-5-10-21-11-13-24-14-12-21/h4,7-8,15,17,20H,1,5-6,9-14H2,2-3H3. The van der Waals surface area contributed by atoms with Crippen molar-refractivity contribution in [1.29, 1.82) is 0 Å². The number of hydrogen-bond donors (Lipinski definition) is 1. The first kappa shape index (κ1) is 18.8. The average Bonchev–Trinajstić information content (AvgIpc) is 2.64. The molecule has 5 nitrogen and oxygen atoms in total. The molecule has 0 aromatic heterocycles. The molecule has 0 bridgehead atoms. The van der Waals surface area contributed by atoms with Gasteiger partial charge in [0.1, 0.15) is 0 Å². The first-order valence-electron chi connectivity index (χ1n) is 8.64. The average molecular weight is 334 g/mol. The van der Waals surface area contributed by atoms with E-state index in [1.54, 1.807) is 14.2 Å². The van der Waals surface area contributed by atoms with Crippen molar-refractivity contribution < 1.29 is 14.2 Å². The lowest BCUT2D eigenvalue weighted by atomic mass is 10.0. The molecule has 0 saturated carbocycles. The number of benzene rings is 1. The lowest BCUT2D eigenvalue weighted by molar-refractivity contribution is 0.0374. The third-order valence-electron chi connectivity index (χ3n) is 4.36. The van der Waals surface area contributed by atoms with Crippen molar-refractivity contribution in [3.05, 3.63) is 36.4 Å². The first-order valence-corrected chi connectivity index (χ1v) is 8.64. The Bertz CT molecular complexity index is 501. The molecule has 5 heteroatoms. The monoisotopic (exact) mass is 334 g/mol. The molecule has 1 heterocycles. The van der Waals surface area contributed by atoms with Gasteiger partial charge in [0.2, 0.25) is 0 Å². The van der Waals surface area contributed by atoms with Crippen molar-refractivity contribution in [3.8, 4) is 11.5 Å². The number of nitrogens with one attached hydrogen (secondary N) is 1. The Kier molecular flexibility index (Phi) is 8.08. The summed E-state index contributed by atoms with van der Waals surface area (Å²) in [7, 11) is 3.32. The van der Waals surface area contributed by atoms with Crippen LogP contribution >= 0.6 is 0 Å². The minimum atomic E-state index is 0.243. The largest absolute Gasteiger partial charge is 0.493 e. The van der Waals surface area contributed by atoms with Crippen molar-refractivity contribution in [2.45, 2.75) is 18.9 Å². The molecular weight excluding hydrogens is 304 g/mol. The van der Waals surface area contributed by atoms with Gasteiger partial charge in [-0.1, -0.05) is 12.1 Å². The summed E-state index contributed by atoms with van der Waals surface area (Å²) in [4.78, 5) is 2.46. The molecule has 1 aromatic carbocycles. The summed E-state index contributed by atoms with van der Waals surface area (Å²) < 4.78 is 16.1. The molecule has 1 aliphatic rings. The van der Waals surface area contributed by atoms with E-state index in [2.05, 4.69) is 22.9 Å².